The molecular weight excluding hydrogens is 473 g/mol. The molecule has 162 valence electrons. The lowest BCUT2D eigenvalue weighted by atomic mass is 9.85. The topological polar surface area (TPSA) is 70.6 Å². The molecule has 0 heterocycles. The van der Waals surface area contributed by atoms with E-state index in [4.69, 9.17) is 4.99 Å². The Kier molecular flexibility index (Phi) is 13.2. The van der Waals surface area contributed by atoms with Crippen LogP contribution in [0.1, 0.15) is 79.1 Å². The minimum atomic E-state index is -2.92. The zero-order chi connectivity index (χ0) is 19.6. The molecule has 0 spiro atoms. The van der Waals surface area contributed by atoms with Gasteiger partial charge >= 0.3 is 0 Å². The van der Waals surface area contributed by atoms with E-state index in [1.54, 1.807) is 0 Å². The molecule has 1 unspecified atom stereocenters. The number of nitrogens with zero attached hydrogens (tertiary/aromatic N) is 1. The summed E-state index contributed by atoms with van der Waals surface area (Å²) in [5.41, 5.74) is -0.128. The van der Waals surface area contributed by atoms with E-state index in [9.17, 15) is 8.42 Å². The van der Waals surface area contributed by atoms with Crippen molar-refractivity contribution in [2.45, 2.75) is 85.1 Å². The lowest BCUT2D eigenvalue weighted by Gasteiger charge is -2.25. The fourth-order valence-electron chi connectivity index (χ4n) is 3.42. The fourth-order valence-corrected chi connectivity index (χ4v) is 4.34. The summed E-state index contributed by atoms with van der Waals surface area (Å²) in [6.45, 7) is 9.90. The maximum atomic E-state index is 11.4. The first-order valence-corrected chi connectivity index (χ1v) is 12.4. The van der Waals surface area contributed by atoms with E-state index in [1.807, 2.05) is 0 Å². The van der Waals surface area contributed by atoms with E-state index in [0.717, 1.165) is 18.4 Å². The Bertz CT molecular complexity index is 529. The quantitative estimate of drug-likeness (QED) is 0.258. The highest BCUT2D eigenvalue weighted by Crippen LogP contribution is 2.27. The van der Waals surface area contributed by atoms with Crippen molar-refractivity contribution in [1.29, 1.82) is 0 Å². The van der Waals surface area contributed by atoms with E-state index in [-0.39, 0.29) is 35.1 Å². The van der Waals surface area contributed by atoms with Gasteiger partial charge in [-0.25, -0.2) is 8.42 Å². The molecule has 1 aliphatic rings. The van der Waals surface area contributed by atoms with Crippen LogP contribution in [0.25, 0.3) is 0 Å². The minimum absolute atomic E-state index is 0. The second-order valence-electron chi connectivity index (χ2n) is 8.87. The number of halogens is 1. The van der Waals surface area contributed by atoms with Gasteiger partial charge in [-0.15, -0.1) is 24.0 Å². The maximum Gasteiger partial charge on any atom is 0.191 e. The summed E-state index contributed by atoms with van der Waals surface area (Å²) >= 11 is 0. The summed E-state index contributed by atoms with van der Waals surface area (Å²) in [7, 11) is -2.92. The van der Waals surface area contributed by atoms with E-state index >= 15 is 0 Å². The van der Waals surface area contributed by atoms with Crippen molar-refractivity contribution in [3.8, 4) is 0 Å². The van der Waals surface area contributed by atoms with Crippen LogP contribution in [0.5, 0.6) is 0 Å². The second kappa shape index (κ2) is 13.2. The maximum absolute atomic E-state index is 11.4. The molecule has 2 N–H and O–H groups in total. The normalized spacial score (nSPS) is 17.9. The van der Waals surface area contributed by atoms with Gasteiger partial charge in [0.15, 0.2) is 5.96 Å². The van der Waals surface area contributed by atoms with Crippen molar-refractivity contribution in [2.24, 2.45) is 16.3 Å². The van der Waals surface area contributed by atoms with Crippen LogP contribution >= 0.6 is 24.0 Å². The predicted octanol–water partition coefficient (Wildman–Crippen LogP) is 4.37. The number of rotatable bonds is 10. The molecule has 0 aromatic rings. The standard InChI is InChI=1S/C20H41N3O2S.HI/c1-6-21-19(22-16-20(3,4)14-15-26(5,24)25)23-17(2)12-13-18-10-8-7-9-11-18;/h17-18H,6-16H2,1-5H3,(H2,21,22,23);1H. The summed E-state index contributed by atoms with van der Waals surface area (Å²) < 4.78 is 22.8. The van der Waals surface area contributed by atoms with Gasteiger partial charge in [0.1, 0.15) is 9.84 Å². The first-order valence-electron chi connectivity index (χ1n) is 10.3. The van der Waals surface area contributed by atoms with Gasteiger partial charge in [-0.3, -0.25) is 4.99 Å². The lowest BCUT2D eigenvalue weighted by molar-refractivity contribution is 0.322. The summed E-state index contributed by atoms with van der Waals surface area (Å²) in [5.74, 6) is 1.97. The van der Waals surface area contributed by atoms with Crippen LogP contribution in [0.2, 0.25) is 0 Å². The number of hydrogen-bond acceptors (Lipinski definition) is 3. The van der Waals surface area contributed by atoms with E-state index in [1.165, 1.54) is 51.2 Å². The molecule has 1 saturated carbocycles. The van der Waals surface area contributed by atoms with Gasteiger partial charge in [0.25, 0.3) is 0 Å². The average molecular weight is 516 g/mol. The highest BCUT2D eigenvalue weighted by molar-refractivity contribution is 14.0. The van der Waals surface area contributed by atoms with Crippen molar-refractivity contribution in [3.63, 3.8) is 0 Å². The van der Waals surface area contributed by atoms with E-state index < -0.39 is 9.84 Å². The number of sulfone groups is 1. The zero-order valence-corrected chi connectivity index (χ0v) is 21.2. The van der Waals surface area contributed by atoms with Crippen molar-refractivity contribution in [1.82, 2.24) is 10.6 Å². The van der Waals surface area contributed by atoms with Gasteiger partial charge in [-0.2, -0.15) is 0 Å². The first-order chi connectivity index (χ1) is 12.1. The van der Waals surface area contributed by atoms with Crippen LogP contribution in [0.4, 0.5) is 0 Å². The summed E-state index contributed by atoms with van der Waals surface area (Å²) in [6, 6.07) is 0.397. The van der Waals surface area contributed by atoms with Crippen LogP contribution in [0.15, 0.2) is 4.99 Å². The van der Waals surface area contributed by atoms with Crippen LogP contribution in [0, 0.1) is 11.3 Å². The highest BCUT2D eigenvalue weighted by atomic mass is 127. The molecule has 0 saturated heterocycles. The van der Waals surface area contributed by atoms with Gasteiger partial charge < -0.3 is 10.6 Å². The van der Waals surface area contributed by atoms with Gasteiger partial charge in [-0.1, -0.05) is 46.0 Å². The van der Waals surface area contributed by atoms with Crippen LogP contribution < -0.4 is 10.6 Å². The summed E-state index contributed by atoms with van der Waals surface area (Å²) in [6.07, 6.45) is 11.4. The number of hydrogen-bond donors (Lipinski definition) is 2. The van der Waals surface area contributed by atoms with Gasteiger partial charge in [0.05, 0.1) is 5.75 Å². The smallest absolute Gasteiger partial charge is 0.191 e. The molecule has 1 aliphatic carbocycles. The summed E-state index contributed by atoms with van der Waals surface area (Å²) in [4.78, 5) is 4.72. The first kappa shape index (κ1) is 27.0. The SMILES string of the molecule is CCNC(=NCC(C)(C)CCS(C)(=O)=O)NC(C)CCC1CCCCC1.I. The van der Waals surface area contributed by atoms with Crippen LogP contribution in [0.3, 0.4) is 0 Å². The van der Waals surface area contributed by atoms with E-state index in [2.05, 4.69) is 38.3 Å². The Morgan fingerprint density at radius 3 is 2.41 bits per heavy atom. The van der Waals surface area contributed by atoms with Crippen LogP contribution in [-0.2, 0) is 9.84 Å². The Balaban J connectivity index is 0.00000676. The fraction of sp³-hybridized carbons (Fsp3) is 0.950. The largest absolute Gasteiger partial charge is 0.357 e. The van der Waals surface area contributed by atoms with Gasteiger partial charge in [0, 0.05) is 25.4 Å². The lowest BCUT2D eigenvalue weighted by Crippen LogP contribution is -2.43. The van der Waals surface area contributed by atoms with E-state index in [0.29, 0.717) is 19.0 Å². The average Bonchev–Trinajstić information content (AvgIpc) is 2.57. The predicted molar refractivity (Wildman–Crippen MR) is 128 cm³/mol. The third-order valence-corrected chi connectivity index (χ3v) is 6.22. The minimum Gasteiger partial charge on any atom is -0.357 e. The molecule has 1 fully saturated rings. The van der Waals surface area contributed by atoms with Crippen molar-refractivity contribution < 1.29 is 8.42 Å². The monoisotopic (exact) mass is 515 g/mol. The molecule has 0 aliphatic heterocycles. The molecule has 0 radical (unpaired) electrons. The molecule has 0 aromatic heterocycles. The number of aliphatic imine (C=N–C) groups is 1. The molecule has 0 aromatic carbocycles. The van der Waals surface area contributed by atoms with Gasteiger partial charge in [0.2, 0.25) is 0 Å². The molecule has 27 heavy (non-hydrogen) atoms. The highest BCUT2D eigenvalue weighted by Gasteiger charge is 2.20. The Labute approximate surface area is 184 Å². The van der Waals surface area contributed by atoms with Crippen molar-refractivity contribution in [2.75, 3.05) is 25.1 Å². The van der Waals surface area contributed by atoms with Crippen molar-refractivity contribution >= 4 is 39.8 Å². The number of guanidine groups is 1. The second-order valence-corrected chi connectivity index (χ2v) is 11.1. The molecule has 0 amide bonds. The summed E-state index contributed by atoms with van der Waals surface area (Å²) in [5, 5.41) is 6.84. The molecule has 5 nitrogen and oxygen atoms in total. The Morgan fingerprint density at radius 1 is 1.22 bits per heavy atom. The molecule has 0 bridgehead atoms. The third kappa shape index (κ3) is 13.7. The molecule has 1 atom stereocenters. The zero-order valence-electron chi connectivity index (χ0n) is 18.0. The van der Waals surface area contributed by atoms with Crippen molar-refractivity contribution in [3.05, 3.63) is 0 Å². The Hall–Kier alpha value is -0.0500. The molecular formula is C20H42IN3O2S. The third-order valence-electron chi connectivity index (χ3n) is 5.27. The molecule has 1 rings (SSSR count). The Morgan fingerprint density at radius 2 is 1.85 bits per heavy atom. The number of nitrogens with one attached hydrogen (secondary N) is 2. The molecule has 7 heteroatoms. The van der Waals surface area contributed by atoms with Crippen LogP contribution in [-0.4, -0.2) is 45.5 Å². The van der Waals surface area contributed by atoms with Gasteiger partial charge in [-0.05, 0) is 44.4 Å².